The van der Waals surface area contributed by atoms with Gasteiger partial charge in [0.25, 0.3) is 0 Å². The molecule has 0 bridgehead atoms. The van der Waals surface area contributed by atoms with Gasteiger partial charge >= 0.3 is 0 Å². The van der Waals surface area contributed by atoms with Crippen LogP contribution in [0.2, 0.25) is 0 Å². The van der Waals surface area contributed by atoms with Gasteiger partial charge in [0.1, 0.15) is 11.9 Å². The molecule has 0 aliphatic rings. The van der Waals surface area contributed by atoms with E-state index in [0.717, 1.165) is 0 Å². The first-order valence-electron chi connectivity index (χ1n) is 6.45. The predicted octanol–water partition coefficient (Wildman–Crippen LogP) is -0.249. The summed E-state index contributed by atoms with van der Waals surface area (Å²) in [7, 11) is 0. The number of carboxylic acid groups (broad SMARTS) is 2. The maximum atomic E-state index is 10.7. The topological polar surface area (TPSA) is 114 Å². The lowest BCUT2D eigenvalue weighted by Crippen LogP contribution is -2.31. The van der Waals surface area contributed by atoms with Crippen LogP contribution in [0.5, 0.6) is 0 Å². The Morgan fingerprint density at radius 3 is 1.67 bits per heavy atom. The Hall–Kier alpha value is -2.50. The molecule has 0 fully saturated rings. The highest BCUT2D eigenvalue weighted by atomic mass is 16.4. The molecule has 0 saturated carbocycles. The first-order valence-corrected chi connectivity index (χ1v) is 6.45. The van der Waals surface area contributed by atoms with Crippen LogP contribution < -0.4 is 10.2 Å². The minimum atomic E-state index is -1.67. The van der Waals surface area contributed by atoms with Gasteiger partial charge in [-0.25, -0.2) is 0 Å². The van der Waals surface area contributed by atoms with Crippen LogP contribution in [0.1, 0.15) is 44.0 Å². The van der Waals surface area contributed by atoms with Crippen LogP contribution in [0.25, 0.3) is 0 Å². The summed E-state index contributed by atoms with van der Waals surface area (Å²) in [6.07, 6.45) is 0.648. The SMILES string of the molecule is CC.CCCC(=O)C(=O)[O-].O=C([O-])C(=O)c1ccccc1. The zero-order chi connectivity index (χ0) is 16.8. The summed E-state index contributed by atoms with van der Waals surface area (Å²) in [5.41, 5.74) is 0.146. The van der Waals surface area contributed by atoms with E-state index in [1.54, 1.807) is 25.1 Å². The molecule has 0 radical (unpaired) electrons. The molecule has 0 aromatic heterocycles. The molecule has 116 valence electrons. The standard InChI is InChI=1S/C8H6O3.C5H8O3.C2H6/c9-7(8(10)11)6-4-2-1-3-5-6;1-2-3-4(6)5(7)8;1-2/h1-5H,(H,10,11);2-3H2,1H3,(H,7,8);1-2H3/p-2. The van der Waals surface area contributed by atoms with E-state index in [4.69, 9.17) is 0 Å². The number of benzene rings is 1. The third kappa shape index (κ3) is 10.0. The number of aliphatic carboxylic acids is 2. The van der Waals surface area contributed by atoms with Gasteiger partial charge in [-0.3, -0.25) is 9.59 Å². The summed E-state index contributed by atoms with van der Waals surface area (Å²) in [4.78, 5) is 40.4. The minimum absolute atomic E-state index is 0.0856. The highest BCUT2D eigenvalue weighted by Crippen LogP contribution is 1.98. The summed E-state index contributed by atoms with van der Waals surface area (Å²) >= 11 is 0. The first kappa shape index (κ1) is 20.8. The van der Waals surface area contributed by atoms with Crippen molar-refractivity contribution >= 4 is 23.5 Å². The van der Waals surface area contributed by atoms with Crippen LogP contribution in [0.4, 0.5) is 0 Å². The summed E-state index contributed by atoms with van der Waals surface area (Å²) < 4.78 is 0. The van der Waals surface area contributed by atoms with Gasteiger partial charge in [-0.15, -0.1) is 0 Å². The molecule has 1 aromatic rings. The highest BCUT2D eigenvalue weighted by molar-refractivity contribution is 6.38. The monoisotopic (exact) mass is 294 g/mol. The lowest BCUT2D eigenvalue weighted by Gasteiger charge is -1.98. The number of carboxylic acids is 2. The second-order valence-corrected chi connectivity index (χ2v) is 3.44. The maximum Gasteiger partial charge on any atom is 0.208 e. The Labute approximate surface area is 123 Å². The summed E-state index contributed by atoms with van der Waals surface area (Å²) in [5, 5.41) is 19.7. The van der Waals surface area contributed by atoms with Crippen molar-refractivity contribution in [3.05, 3.63) is 35.9 Å². The second kappa shape index (κ2) is 12.5. The number of carbonyl (C=O) groups excluding carboxylic acids is 4. The van der Waals surface area contributed by atoms with Crippen molar-refractivity contribution in [2.24, 2.45) is 0 Å². The lowest BCUT2D eigenvalue weighted by molar-refractivity contribution is -0.300. The van der Waals surface area contributed by atoms with Crippen LogP contribution in [-0.2, 0) is 14.4 Å². The van der Waals surface area contributed by atoms with Crippen molar-refractivity contribution in [1.29, 1.82) is 0 Å². The minimum Gasteiger partial charge on any atom is -0.542 e. The van der Waals surface area contributed by atoms with Crippen molar-refractivity contribution in [2.75, 3.05) is 0 Å². The molecule has 0 heterocycles. The third-order valence-electron chi connectivity index (χ3n) is 1.93. The number of hydrogen-bond acceptors (Lipinski definition) is 6. The number of hydrogen-bond donors (Lipinski definition) is 0. The molecule has 0 saturated heterocycles. The van der Waals surface area contributed by atoms with Gasteiger partial charge in [0.05, 0.1) is 0 Å². The Morgan fingerprint density at radius 1 is 0.905 bits per heavy atom. The van der Waals surface area contributed by atoms with E-state index < -0.39 is 23.5 Å². The molecule has 0 aliphatic heterocycles. The van der Waals surface area contributed by atoms with Crippen molar-refractivity contribution in [1.82, 2.24) is 0 Å². The predicted molar refractivity (Wildman–Crippen MR) is 72.0 cm³/mol. The molecule has 0 amide bonds. The number of ketones is 2. The average molecular weight is 294 g/mol. The van der Waals surface area contributed by atoms with E-state index in [9.17, 15) is 29.4 Å². The summed E-state index contributed by atoms with van der Waals surface area (Å²) in [6.45, 7) is 5.74. The van der Waals surface area contributed by atoms with Gasteiger partial charge in [-0.1, -0.05) is 51.1 Å². The fraction of sp³-hybridized carbons (Fsp3) is 0.333. The molecule has 0 spiro atoms. The van der Waals surface area contributed by atoms with Crippen molar-refractivity contribution < 1.29 is 29.4 Å². The van der Waals surface area contributed by atoms with Gasteiger partial charge in [0, 0.05) is 12.0 Å². The van der Waals surface area contributed by atoms with Crippen molar-refractivity contribution in [2.45, 2.75) is 33.6 Å². The Bertz CT molecular complexity index is 464. The fourth-order valence-electron chi connectivity index (χ4n) is 1.04. The largest absolute Gasteiger partial charge is 0.542 e. The third-order valence-corrected chi connectivity index (χ3v) is 1.93. The van der Waals surface area contributed by atoms with Crippen LogP contribution >= 0.6 is 0 Å². The number of Topliss-reactive ketones (excluding diaryl/α,β-unsaturated/α-hetero) is 2. The van der Waals surface area contributed by atoms with E-state index in [2.05, 4.69) is 0 Å². The van der Waals surface area contributed by atoms with Gasteiger partial charge < -0.3 is 19.8 Å². The molecule has 0 unspecified atom stereocenters. The Kier molecular flexibility index (Phi) is 12.4. The first-order chi connectivity index (χ1) is 9.90. The number of rotatable bonds is 5. The molecule has 21 heavy (non-hydrogen) atoms. The average Bonchev–Trinajstić information content (AvgIpc) is 2.50. The van der Waals surface area contributed by atoms with Crippen molar-refractivity contribution in [3.63, 3.8) is 0 Å². The molecular formula is C15H18O6-2. The van der Waals surface area contributed by atoms with E-state index in [-0.39, 0.29) is 12.0 Å². The zero-order valence-electron chi connectivity index (χ0n) is 12.3. The van der Waals surface area contributed by atoms with E-state index in [0.29, 0.717) is 6.42 Å². The van der Waals surface area contributed by atoms with Gasteiger partial charge in [0.15, 0.2) is 5.78 Å². The number of carbonyl (C=O) groups is 4. The van der Waals surface area contributed by atoms with Gasteiger partial charge in [-0.2, -0.15) is 0 Å². The van der Waals surface area contributed by atoms with E-state index >= 15 is 0 Å². The van der Waals surface area contributed by atoms with Gasteiger partial charge in [-0.05, 0) is 6.42 Å². The molecule has 1 aromatic carbocycles. The highest BCUT2D eigenvalue weighted by Gasteiger charge is 2.03. The Morgan fingerprint density at radius 2 is 1.38 bits per heavy atom. The van der Waals surface area contributed by atoms with Gasteiger partial charge in [0.2, 0.25) is 5.78 Å². The fourth-order valence-corrected chi connectivity index (χ4v) is 1.04. The zero-order valence-corrected chi connectivity index (χ0v) is 12.3. The molecule has 1 rings (SSSR count). The van der Waals surface area contributed by atoms with Crippen molar-refractivity contribution in [3.8, 4) is 0 Å². The lowest BCUT2D eigenvalue weighted by atomic mass is 10.1. The molecule has 6 nitrogen and oxygen atoms in total. The Balaban J connectivity index is 0. The quantitative estimate of drug-likeness (QED) is 0.546. The molecule has 0 aliphatic carbocycles. The summed E-state index contributed by atoms with van der Waals surface area (Å²) in [5.74, 6) is -5.04. The molecule has 0 N–H and O–H groups in total. The van der Waals surface area contributed by atoms with E-state index in [1.165, 1.54) is 12.1 Å². The smallest absolute Gasteiger partial charge is 0.208 e. The molecule has 0 atom stereocenters. The maximum absolute atomic E-state index is 10.7. The summed E-state index contributed by atoms with van der Waals surface area (Å²) in [6, 6.07) is 7.74. The van der Waals surface area contributed by atoms with Crippen LogP contribution in [0, 0.1) is 0 Å². The molecule has 6 heteroatoms. The van der Waals surface area contributed by atoms with Crippen LogP contribution in [0.3, 0.4) is 0 Å². The molecular weight excluding hydrogens is 276 g/mol. The van der Waals surface area contributed by atoms with Crippen LogP contribution in [0.15, 0.2) is 30.3 Å². The normalized spacial score (nSPS) is 8.33. The second-order valence-electron chi connectivity index (χ2n) is 3.44. The van der Waals surface area contributed by atoms with Crippen LogP contribution in [-0.4, -0.2) is 23.5 Å². The van der Waals surface area contributed by atoms with E-state index in [1.807, 2.05) is 13.8 Å².